The fraction of sp³-hybridized carbons (Fsp3) is 0.417. The first-order valence-corrected chi connectivity index (χ1v) is 5.56. The molecule has 0 spiro atoms. The van der Waals surface area contributed by atoms with Crippen LogP contribution in [-0.4, -0.2) is 11.9 Å². The molecule has 1 aliphatic rings. The lowest BCUT2D eigenvalue weighted by atomic mass is 9.76. The van der Waals surface area contributed by atoms with Crippen LogP contribution in [0.5, 0.6) is 0 Å². The highest BCUT2D eigenvalue weighted by Gasteiger charge is 2.42. The Hall–Kier alpha value is -1.09. The fourth-order valence-electron chi connectivity index (χ4n) is 2.22. The van der Waals surface area contributed by atoms with Gasteiger partial charge in [-0.15, -0.1) is 0 Å². The number of rotatable bonds is 1. The van der Waals surface area contributed by atoms with E-state index in [-0.39, 0.29) is 23.2 Å². The van der Waals surface area contributed by atoms with Crippen molar-refractivity contribution in [3.8, 4) is 0 Å². The number of carbonyl (C=O) groups is 1. The van der Waals surface area contributed by atoms with Gasteiger partial charge in [-0.25, -0.2) is 4.39 Å². The van der Waals surface area contributed by atoms with Crippen molar-refractivity contribution in [1.29, 1.82) is 0 Å². The second kappa shape index (κ2) is 3.74. The van der Waals surface area contributed by atoms with E-state index in [9.17, 15) is 9.18 Å². The van der Waals surface area contributed by atoms with Gasteiger partial charge in [-0.2, -0.15) is 0 Å². The largest absolute Gasteiger partial charge is 0.353 e. The minimum absolute atomic E-state index is 0.00274. The number of amides is 1. The highest BCUT2D eigenvalue weighted by atomic mass is 35.5. The molecule has 2 rings (SSSR count). The molecular weight excluding hydrogens is 229 g/mol. The number of hydrogen-bond acceptors (Lipinski definition) is 1. The summed E-state index contributed by atoms with van der Waals surface area (Å²) in [5, 5.41) is 3.24. The maximum atomic E-state index is 13.0. The topological polar surface area (TPSA) is 29.1 Å². The van der Waals surface area contributed by atoms with Crippen LogP contribution in [-0.2, 0) is 10.2 Å². The zero-order chi connectivity index (χ0) is 11.9. The summed E-state index contributed by atoms with van der Waals surface area (Å²) in [6.45, 7) is 3.90. The predicted molar refractivity (Wildman–Crippen MR) is 61.0 cm³/mol. The van der Waals surface area contributed by atoms with E-state index in [0.717, 1.165) is 5.56 Å². The van der Waals surface area contributed by atoms with Gasteiger partial charge in [-0.05, 0) is 24.6 Å². The molecule has 0 aliphatic carbocycles. The predicted octanol–water partition coefficient (Wildman–Crippen LogP) is 2.65. The van der Waals surface area contributed by atoms with Crippen LogP contribution in [0.2, 0.25) is 5.02 Å². The number of halogens is 2. The molecule has 0 aromatic heterocycles. The van der Waals surface area contributed by atoms with Crippen molar-refractivity contribution in [2.24, 2.45) is 0 Å². The van der Waals surface area contributed by atoms with Gasteiger partial charge >= 0.3 is 0 Å². The number of carbonyl (C=O) groups excluding carboxylic acids is 1. The van der Waals surface area contributed by atoms with Crippen LogP contribution in [0.4, 0.5) is 4.39 Å². The second-order valence-corrected chi connectivity index (χ2v) is 4.91. The van der Waals surface area contributed by atoms with Crippen molar-refractivity contribution in [1.82, 2.24) is 5.32 Å². The minimum Gasteiger partial charge on any atom is -0.353 e. The van der Waals surface area contributed by atoms with Crippen molar-refractivity contribution < 1.29 is 9.18 Å². The lowest BCUT2D eigenvalue weighted by molar-refractivity contribution is -0.119. The molecule has 2 nitrogen and oxygen atoms in total. The Bertz CT molecular complexity index is 449. The van der Waals surface area contributed by atoms with E-state index in [2.05, 4.69) is 5.32 Å². The molecule has 0 bridgehead atoms. The monoisotopic (exact) mass is 241 g/mol. The average molecular weight is 242 g/mol. The van der Waals surface area contributed by atoms with Gasteiger partial charge in [0.05, 0.1) is 0 Å². The first-order valence-electron chi connectivity index (χ1n) is 5.18. The Kier molecular flexibility index (Phi) is 2.66. The van der Waals surface area contributed by atoms with Gasteiger partial charge < -0.3 is 5.32 Å². The molecular formula is C12H13ClFNO. The summed E-state index contributed by atoms with van der Waals surface area (Å²) in [6, 6.07) is 4.33. The minimum atomic E-state index is -0.359. The Morgan fingerprint density at radius 1 is 1.56 bits per heavy atom. The molecule has 0 radical (unpaired) electrons. The maximum Gasteiger partial charge on any atom is 0.221 e. The molecule has 1 amide bonds. The van der Waals surface area contributed by atoms with E-state index >= 15 is 0 Å². The second-order valence-electron chi connectivity index (χ2n) is 4.51. The molecule has 4 heteroatoms. The third-order valence-electron chi connectivity index (χ3n) is 3.41. The smallest absolute Gasteiger partial charge is 0.221 e. The first-order chi connectivity index (χ1) is 7.43. The van der Waals surface area contributed by atoms with Gasteiger partial charge in [0.2, 0.25) is 5.91 Å². The summed E-state index contributed by atoms with van der Waals surface area (Å²) in [7, 11) is 0. The summed E-state index contributed by atoms with van der Waals surface area (Å²) in [4.78, 5) is 11.4. The van der Waals surface area contributed by atoms with Crippen molar-refractivity contribution in [3.63, 3.8) is 0 Å². The van der Waals surface area contributed by atoms with Crippen LogP contribution >= 0.6 is 11.6 Å². The van der Waals surface area contributed by atoms with Crippen molar-refractivity contribution in [2.45, 2.75) is 31.7 Å². The zero-order valence-corrected chi connectivity index (χ0v) is 9.94. The lowest BCUT2D eigenvalue weighted by Crippen LogP contribution is -2.35. The Morgan fingerprint density at radius 3 is 2.75 bits per heavy atom. The Morgan fingerprint density at radius 2 is 2.25 bits per heavy atom. The molecule has 0 saturated carbocycles. The number of hydrogen-bond donors (Lipinski definition) is 1. The van der Waals surface area contributed by atoms with Crippen LogP contribution in [0, 0.1) is 5.82 Å². The summed E-state index contributed by atoms with van der Waals surface area (Å²) < 4.78 is 13.0. The summed E-state index contributed by atoms with van der Waals surface area (Å²) in [5.41, 5.74) is 0.461. The van der Waals surface area contributed by atoms with Gasteiger partial charge in [0.25, 0.3) is 0 Å². The van der Waals surface area contributed by atoms with Gasteiger partial charge in [-0.1, -0.05) is 24.6 Å². The van der Waals surface area contributed by atoms with E-state index in [0.29, 0.717) is 11.4 Å². The van der Waals surface area contributed by atoms with Crippen LogP contribution in [0.1, 0.15) is 25.8 Å². The van der Waals surface area contributed by atoms with Gasteiger partial charge in [0.15, 0.2) is 0 Å². The van der Waals surface area contributed by atoms with Gasteiger partial charge in [0, 0.05) is 22.9 Å². The van der Waals surface area contributed by atoms with E-state index < -0.39 is 0 Å². The highest BCUT2D eigenvalue weighted by molar-refractivity contribution is 6.31. The average Bonchev–Trinajstić information content (AvgIpc) is 2.40. The lowest BCUT2D eigenvalue weighted by Gasteiger charge is -2.29. The van der Waals surface area contributed by atoms with Crippen LogP contribution in [0.3, 0.4) is 0 Å². The summed E-state index contributed by atoms with van der Waals surface area (Å²) >= 11 is 6.03. The van der Waals surface area contributed by atoms with Crippen LogP contribution < -0.4 is 5.32 Å². The fourth-order valence-corrected chi connectivity index (χ4v) is 2.60. The van der Waals surface area contributed by atoms with Crippen molar-refractivity contribution in [3.05, 3.63) is 34.6 Å². The van der Waals surface area contributed by atoms with Crippen LogP contribution in [0.15, 0.2) is 18.2 Å². The highest BCUT2D eigenvalue weighted by Crippen LogP contribution is 2.39. The molecule has 1 fully saturated rings. The van der Waals surface area contributed by atoms with Crippen molar-refractivity contribution in [2.75, 3.05) is 0 Å². The van der Waals surface area contributed by atoms with E-state index in [1.54, 1.807) is 6.07 Å². The molecule has 1 aromatic carbocycles. The number of benzene rings is 1. The Labute approximate surface area is 98.8 Å². The molecule has 1 N–H and O–H groups in total. The first kappa shape index (κ1) is 11.4. The molecule has 1 aliphatic heterocycles. The molecule has 16 heavy (non-hydrogen) atoms. The standard InChI is InChI=1S/C12H13ClFNO/c1-7-12(2,6-11(16)15-7)9-4-3-8(14)5-10(9)13/h3-5,7H,6H2,1-2H3,(H,15,16). The Balaban J connectivity index is 2.47. The molecule has 1 saturated heterocycles. The third-order valence-corrected chi connectivity index (χ3v) is 3.72. The molecule has 86 valence electrons. The molecule has 2 atom stereocenters. The summed E-state index contributed by atoms with van der Waals surface area (Å²) in [5.74, 6) is -0.349. The SMILES string of the molecule is CC1NC(=O)CC1(C)c1ccc(F)cc1Cl. The van der Waals surface area contributed by atoms with Crippen LogP contribution in [0.25, 0.3) is 0 Å². The van der Waals surface area contributed by atoms with Gasteiger partial charge in [-0.3, -0.25) is 4.79 Å². The van der Waals surface area contributed by atoms with E-state index in [4.69, 9.17) is 11.6 Å². The molecule has 1 heterocycles. The van der Waals surface area contributed by atoms with Crippen molar-refractivity contribution >= 4 is 17.5 Å². The summed E-state index contributed by atoms with van der Waals surface area (Å²) in [6.07, 6.45) is 0.388. The normalized spacial score (nSPS) is 29.2. The van der Waals surface area contributed by atoms with E-state index in [1.165, 1.54) is 12.1 Å². The number of nitrogens with one attached hydrogen (secondary N) is 1. The molecule has 2 unspecified atom stereocenters. The maximum absolute atomic E-state index is 13.0. The quantitative estimate of drug-likeness (QED) is 0.805. The van der Waals surface area contributed by atoms with Gasteiger partial charge in [0.1, 0.15) is 5.82 Å². The van der Waals surface area contributed by atoms with E-state index in [1.807, 2.05) is 13.8 Å². The zero-order valence-electron chi connectivity index (χ0n) is 9.18. The third kappa shape index (κ3) is 1.69. The molecule has 1 aromatic rings.